The summed E-state index contributed by atoms with van der Waals surface area (Å²) in [7, 11) is 0. The Hall–Kier alpha value is -0.0800. The van der Waals surface area contributed by atoms with Crippen molar-refractivity contribution in [2.45, 2.75) is 92.2 Å². The van der Waals surface area contributed by atoms with Gasteiger partial charge < -0.3 is 0 Å². The Morgan fingerprint density at radius 2 is 1.04 bits per heavy atom. The van der Waals surface area contributed by atoms with E-state index in [1.54, 1.807) is 0 Å². The van der Waals surface area contributed by atoms with Gasteiger partial charge in [0.25, 0.3) is 0 Å². The fourth-order valence-electron chi connectivity index (χ4n) is 8.20. The first-order valence-electron chi connectivity index (χ1n) is 10.2. The second-order valence-electron chi connectivity index (χ2n) is 12.4. The molecule has 4 aliphatic rings. The van der Waals surface area contributed by atoms with Crippen molar-refractivity contribution in [1.29, 1.82) is 0 Å². The van der Waals surface area contributed by atoms with Crippen molar-refractivity contribution in [3.8, 4) is 0 Å². The Labute approximate surface area is 144 Å². The minimum atomic E-state index is 0.573. The van der Waals surface area contributed by atoms with Crippen molar-refractivity contribution in [2.75, 3.05) is 19.8 Å². The van der Waals surface area contributed by atoms with Gasteiger partial charge in [-0.25, -0.2) is 0 Å². The van der Waals surface area contributed by atoms with Crippen LogP contribution in [0.25, 0.3) is 0 Å². The van der Waals surface area contributed by atoms with E-state index in [0.29, 0.717) is 21.7 Å². The van der Waals surface area contributed by atoms with Crippen LogP contribution in [0.2, 0.25) is 0 Å². The van der Waals surface area contributed by atoms with Crippen LogP contribution < -0.4 is 9.80 Å². The zero-order chi connectivity index (χ0) is 16.7. The van der Waals surface area contributed by atoms with E-state index in [1.165, 1.54) is 58.3 Å². The summed E-state index contributed by atoms with van der Waals surface area (Å²) in [5, 5.41) is 0. The molecule has 23 heavy (non-hydrogen) atoms. The van der Waals surface area contributed by atoms with Gasteiger partial charge in [0.05, 0.1) is 25.2 Å². The Kier molecular flexibility index (Phi) is 3.39. The van der Waals surface area contributed by atoms with Crippen LogP contribution in [0.5, 0.6) is 0 Å². The second kappa shape index (κ2) is 4.75. The molecule has 0 aromatic carbocycles. The van der Waals surface area contributed by atoms with Crippen LogP contribution in [0.1, 0.15) is 80.1 Å². The third-order valence-electron chi connectivity index (χ3n) is 7.80. The summed E-state index contributed by atoms with van der Waals surface area (Å²) in [5.74, 6) is 0. The van der Waals surface area contributed by atoms with Crippen LogP contribution in [0.4, 0.5) is 0 Å². The van der Waals surface area contributed by atoms with E-state index in [1.807, 2.05) is 9.80 Å². The molecule has 0 radical (unpaired) electrons. The topological polar surface area (TPSA) is 8.88 Å². The zero-order valence-electron chi connectivity index (χ0n) is 16.5. The highest BCUT2D eigenvalue weighted by molar-refractivity contribution is 4.96. The highest BCUT2D eigenvalue weighted by atomic mass is 15.4. The molecule has 2 aliphatic carbocycles. The van der Waals surface area contributed by atoms with E-state index < -0.39 is 0 Å². The first kappa shape index (κ1) is 16.4. The summed E-state index contributed by atoms with van der Waals surface area (Å²) in [4.78, 5) is 3.92. The van der Waals surface area contributed by atoms with Crippen LogP contribution in [0, 0.1) is 21.7 Å². The molecule has 6 unspecified atom stereocenters. The van der Waals surface area contributed by atoms with Crippen LogP contribution in [-0.2, 0) is 0 Å². The molecule has 4 bridgehead atoms. The van der Waals surface area contributed by atoms with E-state index in [0.717, 1.165) is 12.1 Å². The van der Waals surface area contributed by atoms with Crippen molar-refractivity contribution >= 4 is 0 Å². The Balaban J connectivity index is 1.48. The molecule has 2 heteroatoms. The largest absolute Gasteiger partial charge is 0.286 e. The lowest BCUT2D eigenvalue weighted by Gasteiger charge is -2.38. The predicted octanol–water partition coefficient (Wildman–Crippen LogP) is 1.91. The smallest absolute Gasteiger partial charge is 0.204 e. The lowest BCUT2D eigenvalue weighted by Crippen LogP contribution is -3.33. The normalized spacial score (nSPS) is 53.5. The Morgan fingerprint density at radius 3 is 1.43 bits per heavy atom. The maximum atomic E-state index is 2.58. The van der Waals surface area contributed by atoms with E-state index in [9.17, 15) is 0 Å². The number of quaternary nitrogens is 2. The minimum absolute atomic E-state index is 0.573. The number of fused-ring (bicyclic) bond motifs is 4. The lowest BCUT2D eigenvalue weighted by molar-refractivity contribution is -1.10. The number of likely N-dealkylation sites (tertiary alicyclic amines) is 2. The molecule has 2 nitrogen and oxygen atoms in total. The first-order valence-corrected chi connectivity index (χ1v) is 10.2. The monoisotopic (exact) mass is 320 g/mol. The first-order chi connectivity index (χ1) is 10.5. The number of hydrogen-bond acceptors (Lipinski definition) is 0. The molecular formula is C21H40N2+2. The summed E-state index contributed by atoms with van der Waals surface area (Å²) < 4.78 is 0. The summed E-state index contributed by atoms with van der Waals surface area (Å²) >= 11 is 0. The molecule has 0 spiro atoms. The van der Waals surface area contributed by atoms with Gasteiger partial charge in [0.1, 0.15) is 0 Å². The van der Waals surface area contributed by atoms with Crippen LogP contribution in [-0.4, -0.2) is 31.8 Å². The number of rotatable bonds is 2. The highest BCUT2D eigenvalue weighted by Gasteiger charge is 2.57. The number of nitrogens with one attached hydrogen (secondary N) is 2. The van der Waals surface area contributed by atoms with Gasteiger partial charge in [0, 0.05) is 36.5 Å². The predicted molar refractivity (Wildman–Crippen MR) is 95.6 cm³/mol. The standard InChI is InChI=1S/C21H38N2/c1-18(2)7-16-9-20(5,11-18)13-22(16)15-23-14-21(6)10-17(23)8-19(3,4)12-21/h16-17H,7-15H2,1-6H3/p+2. The van der Waals surface area contributed by atoms with Crippen molar-refractivity contribution < 1.29 is 9.80 Å². The molecule has 2 N–H and O–H groups in total. The van der Waals surface area contributed by atoms with E-state index >= 15 is 0 Å². The maximum absolute atomic E-state index is 2.58. The Bertz CT molecular complexity index is 452. The molecule has 0 aromatic heterocycles. The molecular weight excluding hydrogens is 280 g/mol. The van der Waals surface area contributed by atoms with Crippen LogP contribution in [0.3, 0.4) is 0 Å². The molecule has 2 saturated carbocycles. The van der Waals surface area contributed by atoms with Gasteiger partial charge in [-0.2, -0.15) is 0 Å². The Morgan fingerprint density at radius 1 is 0.652 bits per heavy atom. The summed E-state index contributed by atoms with van der Waals surface area (Å²) in [6, 6.07) is 1.88. The SMILES string of the molecule is CC1(C)CC2CC(C)(C[NH+]2C[NH+]2CC3(C)CC2CC(C)(C)C3)C1. The summed E-state index contributed by atoms with van der Waals surface area (Å²) in [6.45, 7) is 19.5. The molecule has 2 saturated heterocycles. The molecule has 0 aromatic rings. The molecule has 132 valence electrons. The van der Waals surface area contributed by atoms with Gasteiger partial charge in [0.15, 0.2) is 0 Å². The molecule has 0 amide bonds. The van der Waals surface area contributed by atoms with Gasteiger partial charge in [-0.05, 0) is 23.7 Å². The maximum Gasteiger partial charge on any atom is 0.204 e. The second-order valence-corrected chi connectivity index (χ2v) is 12.4. The third kappa shape index (κ3) is 2.99. The lowest BCUT2D eigenvalue weighted by atomic mass is 9.65. The van der Waals surface area contributed by atoms with Gasteiger partial charge in [0.2, 0.25) is 6.67 Å². The van der Waals surface area contributed by atoms with Gasteiger partial charge >= 0.3 is 0 Å². The van der Waals surface area contributed by atoms with Gasteiger partial charge in [-0.15, -0.1) is 0 Å². The fourth-order valence-corrected chi connectivity index (χ4v) is 8.20. The van der Waals surface area contributed by atoms with Crippen LogP contribution in [0.15, 0.2) is 0 Å². The van der Waals surface area contributed by atoms with Gasteiger partial charge in [-0.1, -0.05) is 41.5 Å². The van der Waals surface area contributed by atoms with E-state index in [4.69, 9.17) is 0 Å². The van der Waals surface area contributed by atoms with Crippen molar-refractivity contribution in [3.63, 3.8) is 0 Å². The highest BCUT2D eigenvalue weighted by Crippen LogP contribution is 2.48. The molecule has 2 heterocycles. The minimum Gasteiger partial charge on any atom is -0.286 e. The summed E-state index contributed by atoms with van der Waals surface area (Å²) in [6.07, 6.45) is 8.79. The van der Waals surface area contributed by atoms with E-state index in [2.05, 4.69) is 41.5 Å². The molecule has 4 fully saturated rings. The van der Waals surface area contributed by atoms with E-state index in [-0.39, 0.29) is 0 Å². The van der Waals surface area contributed by atoms with Crippen molar-refractivity contribution in [1.82, 2.24) is 0 Å². The molecule has 6 atom stereocenters. The fraction of sp³-hybridized carbons (Fsp3) is 1.00. The zero-order valence-corrected chi connectivity index (χ0v) is 16.5. The average molecular weight is 321 g/mol. The summed E-state index contributed by atoms with van der Waals surface area (Å²) in [5.41, 5.74) is 2.39. The van der Waals surface area contributed by atoms with Crippen molar-refractivity contribution in [2.24, 2.45) is 21.7 Å². The third-order valence-corrected chi connectivity index (χ3v) is 7.80. The van der Waals surface area contributed by atoms with Crippen molar-refractivity contribution in [3.05, 3.63) is 0 Å². The quantitative estimate of drug-likeness (QED) is 0.769. The van der Waals surface area contributed by atoms with Crippen LogP contribution >= 0.6 is 0 Å². The number of hydrogen-bond donors (Lipinski definition) is 2. The molecule has 2 aliphatic heterocycles. The molecule has 4 rings (SSSR count). The van der Waals surface area contributed by atoms with Gasteiger partial charge in [-0.3, -0.25) is 9.80 Å². The average Bonchev–Trinajstić information content (AvgIpc) is 2.67.